The third-order valence-corrected chi connectivity index (χ3v) is 2.57. The molecular weight excluding hydrogens is 212 g/mol. The standard InChI is InChI=1S/C10H18N2O4/c1-10(15,9(14)16-2)6-11-5-7-3-4-8(13)12-7/h7,11,15H,3-6H2,1-2H3,(H,12,13). The Balaban J connectivity index is 2.24. The van der Waals surface area contributed by atoms with E-state index in [1.54, 1.807) is 0 Å². The van der Waals surface area contributed by atoms with Crippen molar-refractivity contribution in [3.05, 3.63) is 0 Å². The lowest BCUT2D eigenvalue weighted by Crippen LogP contribution is -2.48. The van der Waals surface area contributed by atoms with Gasteiger partial charge in [-0.25, -0.2) is 4.79 Å². The van der Waals surface area contributed by atoms with Gasteiger partial charge in [0.05, 0.1) is 7.11 Å². The second-order valence-electron chi connectivity index (χ2n) is 4.20. The van der Waals surface area contributed by atoms with Crippen LogP contribution in [0.4, 0.5) is 0 Å². The van der Waals surface area contributed by atoms with Crippen molar-refractivity contribution in [3.63, 3.8) is 0 Å². The molecule has 0 aromatic rings. The molecule has 2 atom stereocenters. The van der Waals surface area contributed by atoms with Gasteiger partial charge in [-0.15, -0.1) is 0 Å². The fraction of sp³-hybridized carbons (Fsp3) is 0.800. The summed E-state index contributed by atoms with van der Waals surface area (Å²) in [7, 11) is 1.23. The van der Waals surface area contributed by atoms with Gasteiger partial charge in [0.2, 0.25) is 5.91 Å². The Morgan fingerprint density at radius 3 is 2.94 bits per heavy atom. The van der Waals surface area contributed by atoms with Crippen molar-refractivity contribution < 1.29 is 19.4 Å². The SMILES string of the molecule is COC(=O)C(C)(O)CNCC1CCC(=O)N1. The van der Waals surface area contributed by atoms with Crippen LogP contribution in [-0.4, -0.2) is 48.8 Å². The number of nitrogens with one attached hydrogen (secondary N) is 2. The molecule has 16 heavy (non-hydrogen) atoms. The molecule has 1 amide bonds. The molecule has 0 aromatic heterocycles. The molecule has 3 N–H and O–H groups in total. The Labute approximate surface area is 94.3 Å². The first-order chi connectivity index (χ1) is 7.45. The first-order valence-corrected chi connectivity index (χ1v) is 5.26. The van der Waals surface area contributed by atoms with Crippen molar-refractivity contribution in [1.29, 1.82) is 0 Å². The number of hydrogen-bond donors (Lipinski definition) is 3. The van der Waals surface area contributed by atoms with E-state index in [4.69, 9.17) is 0 Å². The lowest BCUT2D eigenvalue weighted by atomic mass is 10.1. The van der Waals surface area contributed by atoms with E-state index in [-0.39, 0.29) is 18.5 Å². The summed E-state index contributed by atoms with van der Waals surface area (Å²) >= 11 is 0. The van der Waals surface area contributed by atoms with Crippen LogP contribution in [0.25, 0.3) is 0 Å². The molecule has 2 unspecified atom stereocenters. The van der Waals surface area contributed by atoms with Crippen molar-refractivity contribution in [1.82, 2.24) is 10.6 Å². The molecule has 0 bridgehead atoms. The van der Waals surface area contributed by atoms with Crippen molar-refractivity contribution in [2.45, 2.75) is 31.4 Å². The normalized spacial score (nSPS) is 23.7. The number of ether oxygens (including phenoxy) is 1. The molecule has 1 heterocycles. The molecule has 1 saturated heterocycles. The van der Waals surface area contributed by atoms with Gasteiger partial charge >= 0.3 is 5.97 Å². The smallest absolute Gasteiger partial charge is 0.338 e. The van der Waals surface area contributed by atoms with Crippen LogP contribution in [0.15, 0.2) is 0 Å². The van der Waals surface area contributed by atoms with Gasteiger partial charge in [-0.05, 0) is 13.3 Å². The van der Waals surface area contributed by atoms with Crippen LogP contribution in [0.2, 0.25) is 0 Å². The van der Waals surface area contributed by atoms with E-state index in [0.29, 0.717) is 13.0 Å². The molecule has 6 heteroatoms. The molecule has 1 rings (SSSR count). The zero-order valence-corrected chi connectivity index (χ0v) is 9.58. The number of carbonyl (C=O) groups excluding carboxylic acids is 2. The number of methoxy groups -OCH3 is 1. The molecule has 0 radical (unpaired) electrons. The Kier molecular flexibility index (Phi) is 4.26. The predicted molar refractivity (Wildman–Crippen MR) is 56.7 cm³/mol. The lowest BCUT2D eigenvalue weighted by Gasteiger charge is -2.21. The minimum Gasteiger partial charge on any atom is -0.467 e. The summed E-state index contributed by atoms with van der Waals surface area (Å²) in [5.41, 5.74) is -1.53. The summed E-state index contributed by atoms with van der Waals surface area (Å²) in [4.78, 5) is 22.0. The summed E-state index contributed by atoms with van der Waals surface area (Å²) in [5.74, 6) is -0.623. The molecule has 6 nitrogen and oxygen atoms in total. The maximum Gasteiger partial charge on any atom is 0.338 e. The summed E-state index contributed by atoms with van der Waals surface area (Å²) < 4.78 is 4.46. The van der Waals surface area contributed by atoms with E-state index >= 15 is 0 Å². The second kappa shape index (κ2) is 5.27. The van der Waals surface area contributed by atoms with E-state index < -0.39 is 11.6 Å². The number of aliphatic hydroxyl groups is 1. The first kappa shape index (κ1) is 12.9. The summed E-state index contributed by atoms with van der Waals surface area (Å²) in [6, 6.07) is 0.0842. The molecular formula is C10H18N2O4. The highest BCUT2D eigenvalue weighted by molar-refractivity contribution is 5.79. The lowest BCUT2D eigenvalue weighted by molar-refractivity contribution is -0.159. The van der Waals surface area contributed by atoms with Gasteiger partial charge in [-0.3, -0.25) is 4.79 Å². The van der Waals surface area contributed by atoms with Crippen LogP contribution in [0, 0.1) is 0 Å². The Bertz CT molecular complexity index is 278. The maximum atomic E-state index is 11.1. The van der Waals surface area contributed by atoms with Crippen molar-refractivity contribution in [3.8, 4) is 0 Å². The largest absolute Gasteiger partial charge is 0.467 e. The minimum atomic E-state index is -1.53. The van der Waals surface area contributed by atoms with Crippen molar-refractivity contribution in [2.24, 2.45) is 0 Å². The average molecular weight is 230 g/mol. The topological polar surface area (TPSA) is 87.7 Å². The highest BCUT2D eigenvalue weighted by Crippen LogP contribution is 2.07. The number of hydrogen-bond acceptors (Lipinski definition) is 5. The predicted octanol–water partition coefficient (Wildman–Crippen LogP) is -1.22. The van der Waals surface area contributed by atoms with E-state index in [9.17, 15) is 14.7 Å². The molecule has 0 saturated carbocycles. The van der Waals surface area contributed by atoms with Crippen LogP contribution in [0.5, 0.6) is 0 Å². The minimum absolute atomic E-state index is 0.0477. The van der Waals surface area contributed by atoms with Crippen LogP contribution >= 0.6 is 0 Å². The Morgan fingerprint density at radius 1 is 1.75 bits per heavy atom. The highest BCUT2D eigenvalue weighted by Gasteiger charge is 2.31. The molecule has 0 spiro atoms. The van der Waals surface area contributed by atoms with Crippen molar-refractivity contribution in [2.75, 3.05) is 20.2 Å². The van der Waals surface area contributed by atoms with Crippen LogP contribution < -0.4 is 10.6 Å². The van der Waals surface area contributed by atoms with Gasteiger partial charge in [0.15, 0.2) is 5.60 Å². The molecule has 92 valence electrons. The molecule has 1 aliphatic rings. The maximum absolute atomic E-state index is 11.1. The number of rotatable bonds is 5. The first-order valence-electron chi connectivity index (χ1n) is 5.26. The number of amides is 1. The zero-order valence-electron chi connectivity index (χ0n) is 9.58. The third kappa shape index (κ3) is 3.46. The van der Waals surface area contributed by atoms with Gasteiger partial charge in [-0.2, -0.15) is 0 Å². The molecule has 0 aliphatic carbocycles. The van der Waals surface area contributed by atoms with E-state index in [1.807, 2.05) is 0 Å². The summed E-state index contributed by atoms with van der Waals surface area (Å²) in [6.45, 7) is 2.03. The van der Waals surface area contributed by atoms with Crippen molar-refractivity contribution >= 4 is 11.9 Å². The molecule has 1 aliphatic heterocycles. The second-order valence-corrected chi connectivity index (χ2v) is 4.20. The van der Waals surface area contributed by atoms with Gasteiger partial charge in [-0.1, -0.05) is 0 Å². The van der Waals surface area contributed by atoms with Crippen LogP contribution in [0.1, 0.15) is 19.8 Å². The van der Waals surface area contributed by atoms with E-state index in [2.05, 4.69) is 15.4 Å². The summed E-state index contributed by atoms with van der Waals surface area (Å²) in [6.07, 6.45) is 1.33. The molecule has 0 aromatic carbocycles. The third-order valence-electron chi connectivity index (χ3n) is 2.57. The Morgan fingerprint density at radius 2 is 2.44 bits per heavy atom. The summed E-state index contributed by atoms with van der Waals surface area (Å²) in [5, 5.41) is 15.4. The zero-order chi connectivity index (χ0) is 12.2. The number of carbonyl (C=O) groups is 2. The van der Waals surface area contributed by atoms with Crippen LogP contribution in [0.3, 0.4) is 0 Å². The van der Waals surface area contributed by atoms with Gasteiger partial charge in [0.1, 0.15) is 0 Å². The van der Waals surface area contributed by atoms with Gasteiger partial charge in [0, 0.05) is 25.6 Å². The highest BCUT2D eigenvalue weighted by atomic mass is 16.5. The van der Waals surface area contributed by atoms with Crippen LogP contribution in [-0.2, 0) is 14.3 Å². The molecule has 1 fully saturated rings. The number of esters is 1. The average Bonchev–Trinajstić information content (AvgIpc) is 2.62. The Hall–Kier alpha value is -1.14. The van der Waals surface area contributed by atoms with Gasteiger partial charge < -0.3 is 20.5 Å². The fourth-order valence-corrected chi connectivity index (χ4v) is 1.61. The fourth-order valence-electron chi connectivity index (χ4n) is 1.61. The monoisotopic (exact) mass is 230 g/mol. The quantitative estimate of drug-likeness (QED) is 0.515. The van der Waals surface area contributed by atoms with E-state index in [1.165, 1.54) is 14.0 Å². The van der Waals surface area contributed by atoms with Gasteiger partial charge in [0.25, 0.3) is 0 Å². The van der Waals surface area contributed by atoms with E-state index in [0.717, 1.165) is 6.42 Å².